The smallest absolute Gasteiger partial charge is 0.465 e. The van der Waals surface area contributed by atoms with Crippen molar-refractivity contribution in [1.82, 2.24) is 0 Å². The normalized spacial score (nSPS) is 12.7. The van der Waals surface area contributed by atoms with Crippen LogP contribution in [0.3, 0.4) is 0 Å². The number of halogens is 5. The summed E-state index contributed by atoms with van der Waals surface area (Å²) in [5.74, 6) is -14.6. The molecule has 1 aromatic rings. The fourth-order valence-electron chi connectivity index (χ4n) is 2.88. The molecule has 0 radical (unpaired) electrons. The summed E-state index contributed by atoms with van der Waals surface area (Å²) in [7, 11) is 2.87. The maximum Gasteiger partial charge on any atom is 0.514 e. The first-order valence-corrected chi connectivity index (χ1v) is 13.2. The fourth-order valence-corrected chi connectivity index (χ4v) is 2.88. The van der Waals surface area contributed by atoms with Gasteiger partial charge < -0.3 is 33.2 Å². The number of ether oxygens (including phenoxy) is 7. The molecular formula is C29H45F5O11. The SMILES string of the molecule is C.CC.CCC(=O)OCC(C)(COC)COC(C)=O.COCC(C)(COC(C)=O)COC(=O)Oc1c(F)c(F)c(F)c(F)c1F. The van der Waals surface area contributed by atoms with Crippen LogP contribution < -0.4 is 4.74 Å². The molecule has 2 unspecified atom stereocenters. The Labute approximate surface area is 260 Å². The minimum Gasteiger partial charge on any atom is -0.465 e. The van der Waals surface area contributed by atoms with Gasteiger partial charge in [0.25, 0.3) is 0 Å². The molecule has 1 rings (SSSR count). The van der Waals surface area contributed by atoms with Crippen LogP contribution in [-0.2, 0) is 42.8 Å². The van der Waals surface area contributed by atoms with Crippen molar-refractivity contribution >= 4 is 24.1 Å². The topological polar surface area (TPSA) is 133 Å². The van der Waals surface area contributed by atoms with Gasteiger partial charge in [0.15, 0.2) is 0 Å². The van der Waals surface area contributed by atoms with Gasteiger partial charge in [-0.05, 0) is 0 Å². The van der Waals surface area contributed by atoms with Crippen LogP contribution in [0.5, 0.6) is 5.75 Å². The standard InChI is InChI=1S/C15H15F5O6.C11H20O5.C2H6.CH4/c1-7(21)24-5-15(2,4-23-3)6-25-14(22)26-13-11(19)9(17)8(16)10(18)12(13)20;1-5-10(13)16-8-11(3,6-14-4)7-15-9(2)12;1-2;/h4-6H2,1-3H3;5-8H2,1-4H3;1-2H3;1H4. The van der Waals surface area contributed by atoms with Gasteiger partial charge in [0.1, 0.15) is 26.4 Å². The molecule has 16 heteroatoms. The number of benzene rings is 1. The molecule has 0 aliphatic heterocycles. The first kappa shape index (κ1) is 45.9. The zero-order valence-electron chi connectivity index (χ0n) is 26.3. The number of carbonyl (C=O) groups is 4. The Hall–Kier alpha value is -3.53. The summed E-state index contributed by atoms with van der Waals surface area (Å²) in [6.07, 6.45) is -1.39. The Bertz CT molecular complexity index is 1060. The lowest BCUT2D eigenvalue weighted by molar-refractivity contribution is -0.154. The number of rotatable bonds is 14. The average molecular weight is 665 g/mol. The van der Waals surface area contributed by atoms with Gasteiger partial charge in [0, 0.05) is 34.5 Å². The van der Waals surface area contributed by atoms with Crippen LogP contribution in [0.4, 0.5) is 26.7 Å². The molecule has 0 heterocycles. The van der Waals surface area contributed by atoms with Gasteiger partial charge in [0.05, 0.1) is 24.0 Å². The summed E-state index contributed by atoms with van der Waals surface area (Å²) in [4.78, 5) is 44.2. The first-order valence-electron chi connectivity index (χ1n) is 13.2. The van der Waals surface area contributed by atoms with Crippen LogP contribution in [-0.4, -0.2) is 77.9 Å². The first-order chi connectivity index (χ1) is 20.5. The lowest BCUT2D eigenvalue weighted by atomic mass is 9.94. The van der Waals surface area contributed by atoms with Crippen LogP contribution in [0, 0.1) is 39.9 Å². The molecule has 0 amide bonds. The average Bonchev–Trinajstić information content (AvgIpc) is 2.98. The molecule has 0 fully saturated rings. The van der Waals surface area contributed by atoms with Crippen molar-refractivity contribution in [3.05, 3.63) is 29.1 Å². The van der Waals surface area contributed by atoms with E-state index in [2.05, 4.69) is 9.47 Å². The molecule has 0 aliphatic rings. The summed E-state index contributed by atoms with van der Waals surface area (Å²) in [5, 5.41) is 0. The molecule has 0 aromatic heterocycles. The number of carbonyl (C=O) groups excluding carboxylic acids is 4. The number of esters is 3. The van der Waals surface area contributed by atoms with Crippen molar-refractivity contribution < 1.29 is 74.3 Å². The van der Waals surface area contributed by atoms with Gasteiger partial charge in [-0.2, -0.15) is 8.78 Å². The van der Waals surface area contributed by atoms with Crippen molar-refractivity contribution in [2.75, 3.05) is 53.9 Å². The Morgan fingerprint density at radius 1 is 0.600 bits per heavy atom. The van der Waals surface area contributed by atoms with Crippen molar-refractivity contribution in [2.24, 2.45) is 10.8 Å². The monoisotopic (exact) mass is 664 g/mol. The van der Waals surface area contributed by atoms with Gasteiger partial charge in [0.2, 0.25) is 34.8 Å². The minimum atomic E-state index is -2.39. The maximum absolute atomic E-state index is 13.4. The zero-order valence-corrected chi connectivity index (χ0v) is 26.3. The maximum atomic E-state index is 13.4. The van der Waals surface area contributed by atoms with E-state index in [9.17, 15) is 41.1 Å². The molecule has 2 atom stereocenters. The summed E-state index contributed by atoms with van der Waals surface area (Å²) < 4.78 is 99.2. The third kappa shape index (κ3) is 17.5. The van der Waals surface area contributed by atoms with Crippen LogP contribution in [0.15, 0.2) is 0 Å². The van der Waals surface area contributed by atoms with Gasteiger partial charge in [-0.25, -0.2) is 18.0 Å². The second-order valence-electron chi connectivity index (χ2n) is 9.60. The highest BCUT2D eigenvalue weighted by Gasteiger charge is 2.32. The highest BCUT2D eigenvalue weighted by molar-refractivity contribution is 5.69. The van der Waals surface area contributed by atoms with E-state index < -0.39 is 64.4 Å². The highest BCUT2D eigenvalue weighted by Crippen LogP contribution is 2.29. The molecule has 0 saturated carbocycles. The molecule has 45 heavy (non-hydrogen) atoms. The van der Waals surface area contributed by atoms with Gasteiger partial charge in [-0.1, -0.05) is 42.0 Å². The number of methoxy groups -OCH3 is 2. The van der Waals surface area contributed by atoms with Gasteiger partial charge >= 0.3 is 24.1 Å². The van der Waals surface area contributed by atoms with Crippen molar-refractivity contribution in [3.8, 4) is 5.75 Å². The van der Waals surface area contributed by atoms with Crippen LogP contribution in [0.25, 0.3) is 0 Å². The van der Waals surface area contributed by atoms with E-state index in [0.29, 0.717) is 13.0 Å². The van der Waals surface area contributed by atoms with E-state index >= 15 is 0 Å². The van der Waals surface area contributed by atoms with Crippen molar-refractivity contribution in [1.29, 1.82) is 0 Å². The van der Waals surface area contributed by atoms with E-state index in [1.807, 2.05) is 20.8 Å². The Balaban J connectivity index is -0.000000802. The predicted octanol–water partition coefficient (Wildman–Crippen LogP) is 5.93. The third-order valence-corrected chi connectivity index (χ3v) is 5.00. The zero-order chi connectivity index (χ0) is 34.7. The molecule has 0 bridgehead atoms. The van der Waals surface area contributed by atoms with Crippen LogP contribution >= 0.6 is 0 Å². The molecule has 262 valence electrons. The van der Waals surface area contributed by atoms with Crippen LogP contribution in [0.1, 0.15) is 62.3 Å². The predicted molar refractivity (Wildman–Crippen MR) is 151 cm³/mol. The minimum absolute atomic E-state index is 0. The molecule has 0 aliphatic carbocycles. The van der Waals surface area contributed by atoms with E-state index in [4.69, 9.17) is 23.7 Å². The van der Waals surface area contributed by atoms with E-state index in [0.717, 1.165) is 6.92 Å². The molecule has 0 N–H and O–H groups in total. The Morgan fingerprint density at radius 2 is 0.933 bits per heavy atom. The molecular weight excluding hydrogens is 619 g/mol. The summed E-state index contributed by atoms with van der Waals surface area (Å²) in [6.45, 7) is 11.5. The van der Waals surface area contributed by atoms with Crippen molar-refractivity contribution in [2.45, 2.75) is 62.3 Å². The van der Waals surface area contributed by atoms with E-state index in [1.54, 1.807) is 14.0 Å². The lowest BCUT2D eigenvalue weighted by Crippen LogP contribution is -2.36. The number of hydrogen-bond acceptors (Lipinski definition) is 11. The number of hydrogen-bond donors (Lipinski definition) is 0. The molecule has 0 saturated heterocycles. The van der Waals surface area contributed by atoms with E-state index in [-0.39, 0.29) is 45.8 Å². The third-order valence-electron chi connectivity index (χ3n) is 5.00. The fraction of sp³-hybridized carbons (Fsp3) is 0.655. The van der Waals surface area contributed by atoms with Gasteiger partial charge in [-0.15, -0.1) is 0 Å². The van der Waals surface area contributed by atoms with Gasteiger partial charge in [-0.3, -0.25) is 14.4 Å². The summed E-state index contributed by atoms with van der Waals surface area (Å²) in [6, 6.07) is 0. The molecule has 1 aromatic carbocycles. The second kappa shape index (κ2) is 22.9. The highest BCUT2D eigenvalue weighted by atomic mass is 19.2. The summed E-state index contributed by atoms with van der Waals surface area (Å²) >= 11 is 0. The second-order valence-corrected chi connectivity index (χ2v) is 9.60. The lowest BCUT2D eigenvalue weighted by Gasteiger charge is -2.27. The Morgan fingerprint density at radius 3 is 1.27 bits per heavy atom. The van der Waals surface area contributed by atoms with E-state index in [1.165, 1.54) is 21.0 Å². The Kier molecular flexibility index (Phi) is 23.4. The molecule has 0 spiro atoms. The quantitative estimate of drug-likeness (QED) is 0.0585. The van der Waals surface area contributed by atoms with Crippen molar-refractivity contribution in [3.63, 3.8) is 0 Å². The summed E-state index contributed by atoms with van der Waals surface area (Å²) in [5.41, 5.74) is -1.54. The van der Waals surface area contributed by atoms with Crippen LogP contribution in [0.2, 0.25) is 0 Å². The largest absolute Gasteiger partial charge is 0.514 e. The molecule has 11 nitrogen and oxygen atoms in total.